The molecule has 0 aliphatic carbocycles. The molecular weight excluding hydrogens is 508 g/mol. The minimum absolute atomic E-state index is 0.0472. The maximum absolute atomic E-state index is 14.5. The summed E-state index contributed by atoms with van der Waals surface area (Å²) in [7, 11) is 0. The Morgan fingerprint density at radius 3 is 2.29 bits per heavy atom. The SMILES string of the molecule is Cc1ccc(Cn2c(CCc3ccccc3)nc3nc(N4CCCC(N)C4)n(Cc4ccccc4)c3c2=O)c(C)c1. The van der Waals surface area contributed by atoms with Crippen LogP contribution in [0.25, 0.3) is 11.2 Å². The summed E-state index contributed by atoms with van der Waals surface area (Å²) >= 11 is 0. The van der Waals surface area contributed by atoms with Gasteiger partial charge in [0, 0.05) is 25.6 Å². The van der Waals surface area contributed by atoms with Crippen molar-refractivity contribution in [1.82, 2.24) is 19.1 Å². The van der Waals surface area contributed by atoms with Gasteiger partial charge in [-0.3, -0.25) is 13.9 Å². The first kappa shape index (κ1) is 27.0. The van der Waals surface area contributed by atoms with Crippen molar-refractivity contribution in [3.8, 4) is 0 Å². The van der Waals surface area contributed by atoms with Crippen LogP contribution in [0, 0.1) is 13.8 Å². The number of aromatic nitrogens is 4. The maximum atomic E-state index is 14.5. The molecule has 0 saturated carbocycles. The van der Waals surface area contributed by atoms with Crippen LogP contribution in [-0.4, -0.2) is 38.2 Å². The number of piperidine rings is 1. The van der Waals surface area contributed by atoms with Crippen LogP contribution >= 0.6 is 0 Å². The number of anilines is 1. The van der Waals surface area contributed by atoms with E-state index in [4.69, 9.17) is 15.7 Å². The van der Waals surface area contributed by atoms with Crippen molar-refractivity contribution in [2.45, 2.75) is 58.7 Å². The van der Waals surface area contributed by atoms with Gasteiger partial charge in [-0.05, 0) is 55.4 Å². The highest BCUT2D eigenvalue weighted by Gasteiger charge is 2.26. The normalized spacial score (nSPS) is 15.5. The summed E-state index contributed by atoms with van der Waals surface area (Å²) in [6, 6.07) is 27.1. The molecule has 1 unspecified atom stereocenters. The van der Waals surface area contributed by atoms with Crippen molar-refractivity contribution in [3.05, 3.63) is 123 Å². The molecule has 1 fully saturated rings. The third-order valence-corrected chi connectivity index (χ3v) is 8.15. The number of imidazole rings is 1. The fourth-order valence-corrected chi connectivity index (χ4v) is 5.94. The summed E-state index contributed by atoms with van der Waals surface area (Å²) in [4.78, 5) is 26.9. The van der Waals surface area contributed by atoms with Crippen molar-refractivity contribution in [3.63, 3.8) is 0 Å². The molecule has 41 heavy (non-hydrogen) atoms. The Labute approximate surface area is 241 Å². The van der Waals surface area contributed by atoms with E-state index in [1.807, 2.05) is 28.8 Å². The molecule has 3 heterocycles. The number of nitrogens with two attached hydrogens (primary N) is 1. The molecule has 2 aromatic heterocycles. The summed E-state index contributed by atoms with van der Waals surface area (Å²) in [6.07, 6.45) is 3.45. The Balaban J connectivity index is 1.51. The van der Waals surface area contributed by atoms with Crippen LogP contribution in [0.2, 0.25) is 0 Å². The van der Waals surface area contributed by atoms with Gasteiger partial charge in [0.25, 0.3) is 5.56 Å². The quantitative estimate of drug-likeness (QED) is 0.296. The number of rotatable bonds is 8. The summed E-state index contributed by atoms with van der Waals surface area (Å²) in [5, 5.41) is 0. The molecule has 7 heteroatoms. The van der Waals surface area contributed by atoms with Crippen LogP contribution in [0.3, 0.4) is 0 Å². The van der Waals surface area contributed by atoms with Gasteiger partial charge in [0.05, 0.1) is 13.1 Å². The number of aryl methyl sites for hydroxylation is 4. The highest BCUT2D eigenvalue weighted by Crippen LogP contribution is 2.25. The summed E-state index contributed by atoms with van der Waals surface area (Å²) < 4.78 is 3.94. The fourth-order valence-electron chi connectivity index (χ4n) is 5.94. The van der Waals surface area contributed by atoms with Crippen LogP contribution in [0.4, 0.5) is 5.95 Å². The largest absolute Gasteiger partial charge is 0.341 e. The van der Waals surface area contributed by atoms with Gasteiger partial charge in [0.2, 0.25) is 5.95 Å². The van der Waals surface area contributed by atoms with Crippen molar-refractivity contribution in [2.24, 2.45) is 5.73 Å². The van der Waals surface area contributed by atoms with Gasteiger partial charge in [-0.1, -0.05) is 84.4 Å². The lowest BCUT2D eigenvalue weighted by Crippen LogP contribution is -2.44. The molecule has 1 atom stereocenters. The van der Waals surface area contributed by atoms with E-state index >= 15 is 0 Å². The molecule has 0 bridgehead atoms. The Kier molecular flexibility index (Phi) is 7.70. The number of nitrogens with zero attached hydrogens (tertiary/aromatic N) is 5. The molecule has 1 saturated heterocycles. The highest BCUT2D eigenvalue weighted by atomic mass is 16.1. The number of benzene rings is 3. The van der Waals surface area contributed by atoms with E-state index in [0.717, 1.165) is 55.3 Å². The fraction of sp³-hybridized carbons (Fsp3) is 0.324. The molecule has 2 N–H and O–H groups in total. The second-order valence-electron chi connectivity index (χ2n) is 11.3. The average molecular weight is 547 g/mol. The van der Waals surface area contributed by atoms with E-state index in [-0.39, 0.29) is 11.6 Å². The first-order valence-corrected chi connectivity index (χ1v) is 14.6. The van der Waals surface area contributed by atoms with Crippen LogP contribution in [0.1, 0.15) is 46.5 Å². The van der Waals surface area contributed by atoms with Gasteiger partial charge in [-0.25, -0.2) is 4.98 Å². The molecule has 0 spiro atoms. The van der Waals surface area contributed by atoms with Crippen molar-refractivity contribution >= 4 is 17.1 Å². The van der Waals surface area contributed by atoms with E-state index in [2.05, 4.69) is 77.9 Å². The topological polar surface area (TPSA) is 82.0 Å². The first-order valence-electron chi connectivity index (χ1n) is 14.6. The minimum Gasteiger partial charge on any atom is -0.341 e. The van der Waals surface area contributed by atoms with E-state index in [9.17, 15) is 4.79 Å². The summed E-state index contributed by atoms with van der Waals surface area (Å²) in [5.74, 6) is 1.54. The number of fused-ring (bicyclic) bond motifs is 1. The molecule has 6 rings (SSSR count). The molecule has 1 aliphatic heterocycles. The zero-order chi connectivity index (χ0) is 28.3. The average Bonchev–Trinajstić information content (AvgIpc) is 3.34. The monoisotopic (exact) mass is 546 g/mol. The Bertz CT molecular complexity index is 1710. The third-order valence-electron chi connectivity index (χ3n) is 8.15. The van der Waals surface area contributed by atoms with Gasteiger partial charge < -0.3 is 10.6 Å². The molecule has 210 valence electrons. The molecule has 5 aromatic rings. The van der Waals surface area contributed by atoms with Crippen LogP contribution in [0.15, 0.2) is 83.7 Å². The minimum atomic E-state index is -0.0472. The van der Waals surface area contributed by atoms with Gasteiger partial charge >= 0.3 is 0 Å². The van der Waals surface area contributed by atoms with Crippen LogP contribution in [-0.2, 0) is 25.9 Å². The Morgan fingerprint density at radius 2 is 1.59 bits per heavy atom. The van der Waals surface area contributed by atoms with Crippen molar-refractivity contribution in [1.29, 1.82) is 0 Å². The zero-order valence-corrected chi connectivity index (χ0v) is 24.0. The molecular formula is C34H38N6O. The van der Waals surface area contributed by atoms with Gasteiger partial charge in [-0.2, -0.15) is 4.98 Å². The summed E-state index contributed by atoms with van der Waals surface area (Å²) in [5.41, 5.74) is 13.2. The summed E-state index contributed by atoms with van der Waals surface area (Å²) in [6.45, 7) is 6.80. The highest BCUT2D eigenvalue weighted by molar-refractivity contribution is 5.74. The van der Waals surface area contributed by atoms with Crippen LogP contribution in [0.5, 0.6) is 0 Å². The van der Waals surface area contributed by atoms with E-state index in [1.54, 1.807) is 0 Å². The molecule has 7 nitrogen and oxygen atoms in total. The van der Waals surface area contributed by atoms with E-state index in [1.165, 1.54) is 16.7 Å². The predicted molar refractivity (Wildman–Crippen MR) is 166 cm³/mol. The maximum Gasteiger partial charge on any atom is 0.280 e. The molecule has 3 aromatic carbocycles. The number of hydrogen-bond acceptors (Lipinski definition) is 5. The first-order chi connectivity index (χ1) is 20.0. The van der Waals surface area contributed by atoms with E-state index < -0.39 is 0 Å². The van der Waals surface area contributed by atoms with Gasteiger partial charge in [0.15, 0.2) is 11.2 Å². The van der Waals surface area contributed by atoms with Crippen LogP contribution < -0.4 is 16.2 Å². The van der Waals surface area contributed by atoms with Gasteiger partial charge in [0.1, 0.15) is 5.82 Å². The molecule has 0 radical (unpaired) electrons. The van der Waals surface area contributed by atoms with Crippen molar-refractivity contribution in [2.75, 3.05) is 18.0 Å². The Hall–Kier alpha value is -4.23. The third kappa shape index (κ3) is 5.81. The molecule has 1 aliphatic rings. The zero-order valence-electron chi connectivity index (χ0n) is 24.0. The predicted octanol–water partition coefficient (Wildman–Crippen LogP) is 5.02. The van der Waals surface area contributed by atoms with Crippen molar-refractivity contribution < 1.29 is 0 Å². The lowest BCUT2D eigenvalue weighted by molar-refractivity contribution is 0.495. The lowest BCUT2D eigenvalue weighted by Gasteiger charge is -2.31. The second-order valence-corrected chi connectivity index (χ2v) is 11.3. The number of hydrogen-bond donors (Lipinski definition) is 1. The standard InChI is InChI=1S/C34H38N6O/c1-24-15-17-28(25(2)20-24)22-39-30(18-16-26-10-5-3-6-11-26)36-32-31(33(39)41)40(21-27-12-7-4-8-13-27)34(37-32)38-19-9-14-29(35)23-38/h3-8,10-13,15,17,20,29H,9,14,16,18-19,21-23,35H2,1-2H3. The Morgan fingerprint density at radius 1 is 0.854 bits per heavy atom. The smallest absolute Gasteiger partial charge is 0.280 e. The van der Waals surface area contributed by atoms with E-state index in [0.29, 0.717) is 30.7 Å². The van der Waals surface area contributed by atoms with Gasteiger partial charge in [-0.15, -0.1) is 0 Å². The molecule has 0 amide bonds. The second kappa shape index (κ2) is 11.7. The lowest BCUT2D eigenvalue weighted by atomic mass is 10.1.